The topological polar surface area (TPSA) is 24.9 Å². The number of hydrogen-bond acceptors (Lipinski definition) is 3. The van der Waals surface area contributed by atoms with Gasteiger partial charge in [-0.25, -0.2) is 4.98 Å². The lowest BCUT2D eigenvalue weighted by atomic mass is 9.90. The van der Waals surface area contributed by atoms with Crippen LogP contribution in [0.15, 0.2) is 4.60 Å². The predicted molar refractivity (Wildman–Crippen MR) is 68.4 cm³/mol. The lowest BCUT2D eigenvalue weighted by molar-refractivity contribution is 0.442. The molecule has 0 aliphatic heterocycles. The van der Waals surface area contributed by atoms with Gasteiger partial charge in [0.05, 0.1) is 9.88 Å². The van der Waals surface area contributed by atoms with Gasteiger partial charge in [-0.1, -0.05) is 19.3 Å². The molecule has 0 amide bonds. The lowest BCUT2D eigenvalue weighted by Crippen LogP contribution is -2.03. The van der Waals surface area contributed by atoms with Gasteiger partial charge in [-0.05, 0) is 35.8 Å². The molecule has 1 heterocycles. The summed E-state index contributed by atoms with van der Waals surface area (Å²) >= 11 is 5.41. The summed E-state index contributed by atoms with van der Waals surface area (Å²) in [6.45, 7) is 0.922. The summed E-state index contributed by atoms with van der Waals surface area (Å²) in [5, 5.41) is 4.52. The van der Waals surface area contributed by atoms with E-state index in [9.17, 15) is 0 Å². The molecule has 0 aromatic carbocycles. The standard InChI is InChI=1S/C11H17BrN2S/c1-13-7-9-10(12)14-11(15-9)8-5-3-2-4-6-8/h8,13H,2-7H2,1H3. The Morgan fingerprint density at radius 2 is 2.13 bits per heavy atom. The Kier molecular flexibility index (Phi) is 4.17. The summed E-state index contributed by atoms with van der Waals surface area (Å²) in [6.07, 6.45) is 6.83. The highest BCUT2D eigenvalue weighted by Crippen LogP contribution is 2.37. The smallest absolute Gasteiger partial charge is 0.121 e. The number of rotatable bonds is 3. The van der Waals surface area contributed by atoms with Crippen LogP contribution in [0.1, 0.15) is 47.9 Å². The molecule has 1 saturated carbocycles. The van der Waals surface area contributed by atoms with Gasteiger partial charge in [0.1, 0.15) is 4.60 Å². The Bertz CT molecular complexity index is 318. The Hall–Kier alpha value is 0.0700. The highest BCUT2D eigenvalue weighted by molar-refractivity contribution is 9.10. The maximum absolute atomic E-state index is 4.65. The first-order chi connectivity index (χ1) is 7.31. The van der Waals surface area contributed by atoms with Crippen molar-refractivity contribution < 1.29 is 0 Å². The summed E-state index contributed by atoms with van der Waals surface area (Å²) in [5.41, 5.74) is 0. The van der Waals surface area contributed by atoms with Gasteiger partial charge in [0, 0.05) is 12.5 Å². The Morgan fingerprint density at radius 1 is 1.40 bits per heavy atom. The quantitative estimate of drug-likeness (QED) is 0.918. The predicted octanol–water partition coefficient (Wildman–Crippen LogP) is 3.67. The zero-order chi connectivity index (χ0) is 10.7. The van der Waals surface area contributed by atoms with Gasteiger partial charge < -0.3 is 5.32 Å². The van der Waals surface area contributed by atoms with E-state index in [0.717, 1.165) is 17.1 Å². The third-order valence-corrected chi connectivity index (χ3v) is 5.09. The first-order valence-corrected chi connectivity index (χ1v) is 7.22. The van der Waals surface area contributed by atoms with Crippen molar-refractivity contribution in [1.82, 2.24) is 10.3 Å². The molecule has 0 unspecified atom stereocenters. The average molecular weight is 289 g/mol. The van der Waals surface area contributed by atoms with E-state index < -0.39 is 0 Å². The molecule has 0 spiro atoms. The molecule has 1 aromatic rings. The highest BCUT2D eigenvalue weighted by atomic mass is 79.9. The van der Waals surface area contributed by atoms with Gasteiger partial charge in [0.15, 0.2) is 0 Å². The van der Waals surface area contributed by atoms with Crippen molar-refractivity contribution in [2.45, 2.75) is 44.6 Å². The zero-order valence-corrected chi connectivity index (χ0v) is 11.5. The first-order valence-electron chi connectivity index (χ1n) is 5.61. The van der Waals surface area contributed by atoms with Crippen molar-refractivity contribution in [3.8, 4) is 0 Å². The molecule has 4 heteroatoms. The molecule has 0 bridgehead atoms. The van der Waals surface area contributed by atoms with Gasteiger partial charge in [-0.15, -0.1) is 11.3 Å². The molecule has 0 radical (unpaired) electrons. The number of halogens is 1. The van der Waals surface area contributed by atoms with E-state index in [4.69, 9.17) is 0 Å². The SMILES string of the molecule is CNCc1sc(C2CCCCC2)nc1Br. The zero-order valence-electron chi connectivity index (χ0n) is 9.05. The molecular weight excluding hydrogens is 272 g/mol. The van der Waals surface area contributed by atoms with Crippen LogP contribution in [0.3, 0.4) is 0 Å². The summed E-state index contributed by atoms with van der Waals surface area (Å²) in [6, 6.07) is 0. The van der Waals surface area contributed by atoms with Crippen LogP contribution in [0, 0.1) is 0 Å². The minimum absolute atomic E-state index is 0.727. The van der Waals surface area contributed by atoms with E-state index in [1.165, 1.54) is 42.0 Å². The maximum atomic E-state index is 4.65. The van der Waals surface area contributed by atoms with Crippen molar-refractivity contribution in [2.75, 3.05) is 7.05 Å². The second-order valence-corrected chi connectivity index (χ2v) is 6.00. The highest BCUT2D eigenvalue weighted by Gasteiger charge is 2.20. The number of aromatic nitrogens is 1. The Labute approximate surface area is 104 Å². The summed E-state index contributed by atoms with van der Waals surface area (Å²) in [4.78, 5) is 5.98. The summed E-state index contributed by atoms with van der Waals surface area (Å²) in [7, 11) is 1.98. The average Bonchev–Trinajstić information content (AvgIpc) is 2.63. The Balaban J connectivity index is 2.10. The molecule has 1 N–H and O–H groups in total. The van der Waals surface area contributed by atoms with Gasteiger partial charge in [-0.3, -0.25) is 0 Å². The fraction of sp³-hybridized carbons (Fsp3) is 0.727. The van der Waals surface area contributed by atoms with Gasteiger partial charge in [0.25, 0.3) is 0 Å². The number of thiazole rings is 1. The summed E-state index contributed by atoms with van der Waals surface area (Å²) < 4.78 is 1.04. The van der Waals surface area contributed by atoms with Gasteiger partial charge in [-0.2, -0.15) is 0 Å². The molecular formula is C11H17BrN2S. The van der Waals surface area contributed by atoms with Crippen molar-refractivity contribution in [1.29, 1.82) is 0 Å². The van der Waals surface area contributed by atoms with Gasteiger partial charge in [0.2, 0.25) is 0 Å². The van der Waals surface area contributed by atoms with E-state index in [2.05, 4.69) is 26.2 Å². The molecule has 0 atom stereocenters. The third kappa shape index (κ3) is 2.80. The second-order valence-electron chi connectivity index (χ2n) is 4.13. The minimum Gasteiger partial charge on any atom is -0.315 e. The molecule has 1 aromatic heterocycles. The molecule has 1 aliphatic carbocycles. The molecule has 84 valence electrons. The summed E-state index contributed by atoms with van der Waals surface area (Å²) in [5.74, 6) is 0.727. The number of nitrogens with zero attached hydrogens (tertiary/aromatic N) is 1. The number of hydrogen-bond donors (Lipinski definition) is 1. The van der Waals surface area contributed by atoms with E-state index in [-0.39, 0.29) is 0 Å². The second kappa shape index (κ2) is 5.41. The molecule has 1 fully saturated rings. The van der Waals surface area contributed by atoms with Crippen LogP contribution in [0.2, 0.25) is 0 Å². The molecule has 2 nitrogen and oxygen atoms in total. The normalized spacial score (nSPS) is 18.3. The fourth-order valence-corrected chi connectivity index (χ4v) is 3.97. The third-order valence-electron chi connectivity index (χ3n) is 2.96. The molecule has 0 saturated heterocycles. The van der Waals surface area contributed by atoms with E-state index in [1.54, 1.807) is 0 Å². The van der Waals surface area contributed by atoms with Crippen molar-refractivity contribution in [2.24, 2.45) is 0 Å². The molecule has 15 heavy (non-hydrogen) atoms. The van der Waals surface area contributed by atoms with E-state index in [1.807, 2.05) is 18.4 Å². The van der Waals surface area contributed by atoms with Gasteiger partial charge >= 0.3 is 0 Å². The van der Waals surface area contributed by atoms with Crippen LogP contribution in [0.25, 0.3) is 0 Å². The monoisotopic (exact) mass is 288 g/mol. The van der Waals surface area contributed by atoms with Crippen molar-refractivity contribution in [3.05, 3.63) is 14.5 Å². The van der Waals surface area contributed by atoms with Crippen LogP contribution in [-0.2, 0) is 6.54 Å². The lowest BCUT2D eigenvalue weighted by Gasteiger charge is -2.18. The van der Waals surface area contributed by atoms with Crippen LogP contribution in [0.4, 0.5) is 0 Å². The van der Waals surface area contributed by atoms with Crippen LogP contribution in [0.5, 0.6) is 0 Å². The minimum atomic E-state index is 0.727. The Morgan fingerprint density at radius 3 is 2.80 bits per heavy atom. The first kappa shape index (κ1) is 11.6. The largest absolute Gasteiger partial charge is 0.315 e. The van der Waals surface area contributed by atoms with E-state index >= 15 is 0 Å². The maximum Gasteiger partial charge on any atom is 0.121 e. The van der Waals surface area contributed by atoms with Crippen LogP contribution in [-0.4, -0.2) is 12.0 Å². The van der Waals surface area contributed by atoms with Crippen LogP contribution >= 0.6 is 27.3 Å². The van der Waals surface area contributed by atoms with Crippen molar-refractivity contribution >= 4 is 27.3 Å². The molecule has 2 rings (SSSR count). The molecule has 1 aliphatic rings. The van der Waals surface area contributed by atoms with Crippen LogP contribution < -0.4 is 5.32 Å². The number of nitrogens with one attached hydrogen (secondary N) is 1. The fourth-order valence-electron chi connectivity index (χ4n) is 2.14. The van der Waals surface area contributed by atoms with Crippen molar-refractivity contribution in [3.63, 3.8) is 0 Å². The van der Waals surface area contributed by atoms with E-state index in [0.29, 0.717) is 0 Å².